The van der Waals surface area contributed by atoms with Gasteiger partial charge in [0.25, 0.3) is 15.9 Å². The second kappa shape index (κ2) is 10.7. The minimum absolute atomic E-state index is 0.173. The summed E-state index contributed by atoms with van der Waals surface area (Å²) in [5, 5.41) is 3.02. The highest BCUT2D eigenvalue weighted by molar-refractivity contribution is 7.92. The van der Waals surface area contributed by atoms with Crippen molar-refractivity contribution in [3.63, 3.8) is 0 Å². The maximum atomic E-state index is 12.8. The van der Waals surface area contributed by atoms with Crippen molar-refractivity contribution in [2.24, 2.45) is 5.92 Å². The van der Waals surface area contributed by atoms with E-state index in [4.69, 9.17) is 4.74 Å². The summed E-state index contributed by atoms with van der Waals surface area (Å²) in [6.07, 6.45) is 0.983. The fraction of sp³-hybridized carbons (Fsp3) is 0.435. The zero-order valence-electron chi connectivity index (χ0n) is 18.1. The van der Waals surface area contributed by atoms with Crippen LogP contribution in [0.1, 0.15) is 30.6 Å². The third-order valence-corrected chi connectivity index (χ3v) is 6.63. The van der Waals surface area contributed by atoms with Crippen molar-refractivity contribution >= 4 is 21.6 Å². The Morgan fingerprint density at radius 3 is 2.45 bits per heavy atom. The summed E-state index contributed by atoms with van der Waals surface area (Å²) in [4.78, 5) is 15.3. The van der Waals surface area contributed by atoms with Gasteiger partial charge in [-0.15, -0.1) is 0 Å². The summed E-state index contributed by atoms with van der Waals surface area (Å²) in [7, 11) is -3.71. The maximum Gasteiger partial charge on any atom is 0.261 e. The van der Waals surface area contributed by atoms with Crippen LogP contribution in [0.5, 0.6) is 0 Å². The zero-order chi connectivity index (χ0) is 22.3. The summed E-state index contributed by atoms with van der Waals surface area (Å²) in [6, 6.07) is 14.9. The fourth-order valence-electron chi connectivity index (χ4n) is 3.70. The molecule has 8 heteroatoms. The van der Waals surface area contributed by atoms with E-state index >= 15 is 0 Å². The summed E-state index contributed by atoms with van der Waals surface area (Å²) >= 11 is 0. The molecule has 1 saturated heterocycles. The molecule has 1 atom stereocenters. The van der Waals surface area contributed by atoms with E-state index in [0.29, 0.717) is 36.9 Å². The first-order valence-corrected chi connectivity index (χ1v) is 12.1. The van der Waals surface area contributed by atoms with E-state index in [1.807, 2.05) is 0 Å². The van der Waals surface area contributed by atoms with Crippen molar-refractivity contribution < 1.29 is 17.9 Å². The number of morpholine rings is 1. The lowest BCUT2D eigenvalue weighted by Gasteiger charge is -2.35. The van der Waals surface area contributed by atoms with Gasteiger partial charge >= 0.3 is 0 Å². The van der Waals surface area contributed by atoms with Crippen LogP contribution >= 0.6 is 0 Å². The third-order valence-electron chi connectivity index (χ3n) is 5.23. The maximum absolute atomic E-state index is 12.8. The normalized spacial score (nSPS) is 16.1. The highest BCUT2D eigenvalue weighted by Crippen LogP contribution is 2.18. The van der Waals surface area contributed by atoms with Crippen molar-refractivity contribution in [3.05, 3.63) is 60.2 Å². The molecule has 2 aromatic rings. The second-order valence-electron chi connectivity index (χ2n) is 8.14. The van der Waals surface area contributed by atoms with Gasteiger partial charge < -0.3 is 10.1 Å². The number of nitrogens with one attached hydrogen (secondary N) is 2. The molecular formula is C23H31N3O4S. The van der Waals surface area contributed by atoms with E-state index < -0.39 is 10.0 Å². The van der Waals surface area contributed by atoms with Crippen LogP contribution in [0, 0.1) is 5.92 Å². The Labute approximate surface area is 184 Å². The molecular weight excluding hydrogens is 414 g/mol. The molecule has 31 heavy (non-hydrogen) atoms. The molecule has 2 aromatic carbocycles. The number of rotatable bonds is 9. The molecule has 1 aliphatic heterocycles. The van der Waals surface area contributed by atoms with Crippen LogP contribution in [0.2, 0.25) is 0 Å². The molecule has 0 spiro atoms. The smallest absolute Gasteiger partial charge is 0.261 e. The van der Waals surface area contributed by atoms with Crippen molar-refractivity contribution in [2.75, 3.05) is 37.6 Å². The highest BCUT2D eigenvalue weighted by Gasteiger charge is 2.23. The molecule has 168 valence electrons. The average Bonchev–Trinajstić information content (AvgIpc) is 2.77. The number of sulfonamides is 1. The van der Waals surface area contributed by atoms with E-state index in [0.717, 1.165) is 19.5 Å². The third kappa shape index (κ3) is 6.78. The molecule has 1 heterocycles. The number of carbonyl (C=O) groups excluding carboxylic acids is 1. The minimum Gasteiger partial charge on any atom is -0.379 e. The van der Waals surface area contributed by atoms with Gasteiger partial charge in [0.2, 0.25) is 0 Å². The average molecular weight is 446 g/mol. The van der Waals surface area contributed by atoms with E-state index in [1.54, 1.807) is 42.5 Å². The van der Waals surface area contributed by atoms with E-state index in [2.05, 4.69) is 28.8 Å². The predicted molar refractivity (Wildman–Crippen MR) is 122 cm³/mol. The summed E-state index contributed by atoms with van der Waals surface area (Å²) in [5.74, 6) is 0.295. The van der Waals surface area contributed by atoms with Crippen molar-refractivity contribution in [3.8, 4) is 0 Å². The van der Waals surface area contributed by atoms with Gasteiger partial charge in [0, 0.05) is 36.9 Å². The van der Waals surface area contributed by atoms with Crippen LogP contribution in [0.4, 0.5) is 5.69 Å². The molecule has 1 amide bonds. The van der Waals surface area contributed by atoms with Crippen LogP contribution in [-0.2, 0) is 14.8 Å². The van der Waals surface area contributed by atoms with Gasteiger partial charge in [-0.25, -0.2) is 8.42 Å². The van der Waals surface area contributed by atoms with Crippen LogP contribution in [-0.4, -0.2) is 58.1 Å². The topological polar surface area (TPSA) is 87.7 Å². The SMILES string of the molecule is CC(C)CC(CNC(=O)c1cccc(NS(=O)(=O)c2ccccc2)c1)N1CCOCC1. The molecule has 1 fully saturated rings. The van der Waals surface area contributed by atoms with Crippen molar-refractivity contribution in [1.82, 2.24) is 10.2 Å². The van der Waals surface area contributed by atoms with Gasteiger partial charge in [-0.3, -0.25) is 14.4 Å². The Morgan fingerprint density at radius 2 is 1.77 bits per heavy atom. The Kier molecular flexibility index (Phi) is 8.06. The Hall–Kier alpha value is -2.42. The number of anilines is 1. The van der Waals surface area contributed by atoms with Gasteiger partial charge in [0.05, 0.1) is 18.1 Å². The number of carbonyl (C=O) groups is 1. The van der Waals surface area contributed by atoms with Gasteiger partial charge in [-0.2, -0.15) is 0 Å². The monoisotopic (exact) mass is 445 g/mol. The molecule has 0 saturated carbocycles. The van der Waals surface area contributed by atoms with E-state index in [1.165, 1.54) is 12.1 Å². The lowest BCUT2D eigenvalue weighted by molar-refractivity contribution is 0.0124. The number of amides is 1. The summed E-state index contributed by atoms with van der Waals surface area (Å²) in [6.45, 7) is 8.05. The first-order chi connectivity index (χ1) is 14.8. The molecule has 2 N–H and O–H groups in total. The minimum atomic E-state index is -3.71. The zero-order valence-corrected chi connectivity index (χ0v) is 18.9. The number of nitrogens with zero attached hydrogens (tertiary/aromatic N) is 1. The highest BCUT2D eigenvalue weighted by atomic mass is 32.2. The van der Waals surface area contributed by atoms with Crippen molar-refractivity contribution in [2.45, 2.75) is 31.2 Å². The molecule has 1 aliphatic rings. The lowest BCUT2D eigenvalue weighted by atomic mass is 10.0. The standard InChI is InChI=1S/C23H31N3O4S/c1-18(2)15-21(26-11-13-30-14-12-26)17-24-23(27)19-7-6-8-20(16-19)25-31(28,29)22-9-4-3-5-10-22/h3-10,16,18,21,25H,11-15,17H2,1-2H3,(H,24,27). The van der Waals surface area contributed by atoms with Gasteiger partial charge in [0.1, 0.15) is 0 Å². The second-order valence-corrected chi connectivity index (χ2v) is 9.82. The number of ether oxygens (including phenoxy) is 1. The predicted octanol–water partition coefficient (Wildman–Crippen LogP) is 2.96. The lowest BCUT2D eigenvalue weighted by Crippen LogP contribution is -2.49. The molecule has 1 unspecified atom stereocenters. The fourth-order valence-corrected chi connectivity index (χ4v) is 4.77. The number of benzene rings is 2. The largest absolute Gasteiger partial charge is 0.379 e. The van der Waals surface area contributed by atoms with Crippen LogP contribution < -0.4 is 10.0 Å². The molecule has 0 bridgehead atoms. The summed E-state index contributed by atoms with van der Waals surface area (Å²) in [5.41, 5.74) is 0.766. The number of hydrogen-bond donors (Lipinski definition) is 2. The Balaban J connectivity index is 1.65. The van der Waals surface area contributed by atoms with Gasteiger partial charge in [-0.05, 0) is 42.7 Å². The van der Waals surface area contributed by atoms with Crippen molar-refractivity contribution in [1.29, 1.82) is 0 Å². The summed E-state index contributed by atoms with van der Waals surface area (Å²) < 4.78 is 33.1. The quantitative estimate of drug-likeness (QED) is 0.620. The van der Waals surface area contributed by atoms with Crippen LogP contribution in [0.25, 0.3) is 0 Å². The Morgan fingerprint density at radius 1 is 1.06 bits per heavy atom. The van der Waals surface area contributed by atoms with E-state index in [9.17, 15) is 13.2 Å². The molecule has 0 radical (unpaired) electrons. The Bertz CT molecular complexity index is 958. The molecule has 0 aromatic heterocycles. The van der Waals surface area contributed by atoms with Gasteiger partial charge in [0.15, 0.2) is 0 Å². The van der Waals surface area contributed by atoms with Crippen LogP contribution in [0.15, 0.2) is 59.5 Å². The molecule has 7 nitrogen and oxygen atoms in total. The molecule has 3 rings (SSSR count). The molecule has 0 aliphatic carbocycles. The first-order valence-electron chi connectivity index (χ1n) is 10.6. The van der Waals surface area contributed by atoms with Crippen LogP contribution in [0.3, 0.4) is 0 Å². The number of hydrogen-bond acceptors (Lipinski definition) is 5. The van der Waals surface area contributed by atoms with E-state index in [-0.39, 0.29) is 16.8 Å². The first kappa shape index (κ1) is 23.2. The van der Waals surface area contributed by atoms with Gasteiger partial charge in [-0.1, -0.05) is 38.1 Å².